The quantitative estimate of drug-likeness (QED) is 0.275. The molecule has 3 aromatic rings. The van der Waals surface area contributed by atoms with E-state index in [1.165, 1.54) is 57.9 Å². The van der Waals surface area contributed by atoms with E-state index >= 15 is 0 Å². The van der Waals surface area contributed by atoms with Gasteiger partial charge in [-0.2, -0.15) is 0 Å². The van der Waals surface area contributed by atoms with E-state index in [2.05, 4.69) is 9.80 Å². The van der Waals surface area contributed by atoms with E-state index < -0.39 is 0 Å². The minimum atomic E-state index is -0.252. The minimum Gasteiger partial charge on any atom is -0.507 e. The van der Waals surface area contributed by atoms with Gasteiger partial charge in [0.05, 0.1) is 18.6 Å². The molecule has 2 aliphatic heterocycles. The van der Waals surface area contributed by atoms with Gasteiger partial charge in [0.15, 0.2) is 0 Å². The molecule has 2 fully saturated rings. The Bertz CT molecular complexity index is 1210. The number of rotatable bonds is 12. The van der Waals surface area contributed by atoms with Gasteiger partial charge in [0.25, 0.3) is 0 Å². The highest BCUT2D eigenvalue weighted by Crippen LogP contribution is 2.31. The zero-order valence-corrected chi connectivity index (χ0v) is 21.2. The Hall–Kier alpha value is -2.77. The van der Waals surface area contributed by atoms with E-state index in [1.54, 1.807) is 24.3 Å². The van der Waals surface area contributed by atoms with Crippen LogP contribution in [0.5, 0.6) is 17.2 Å². The summed E-state index contributed by atoms with van der Waals surface area (Å²) in [5.41, 5.74) is 0.518. The highest BCUT2D eigenvalue weighted by Gasteiger charge is 2.15. The number of fused-ring (bicyclic) bond motifs is 2. The van der Waals surface area contributed by atoms with Crippen molar-refractivity contribution < 1.29 is 19.0 Å². The molecule has 1 N–H and O–H groups in total. The summed E-state index contributed by atoms with van der Waals surface area (Å²) >= 11 is 0. The number of nitrogens with zero attached hydrogens (tertiary/aromatic N) is 2. The number of phenolic OH excluding ortho intramolecular Hbond substituents is 1. The lowest BCUT2D eigenvalue weighted by Crippen LogP contribution is -2.20. The monoisotopic (exact) mass is 494 g/mol. The fraction of sp³-hybridized carbons (Fsp3) is 0.552. The zero-order valence-electron chi connectivity index (χ0n) is 21.2. The second kappa shape index (κ2) is 12.0. The third-order valence-electron chi connectivity index (χ3n) is 7.37. The van der Waals surface area contributed by atoms with Crippen molar-refractivity contribution in [2.75, 3.05) is 52.5 Å². The van der Waals surface area contributed by atoms with E-state index in [1.807, 2.05) is 0 Å². The summed E-state index contributed by atoms with van der Waals surface area (Å²) in [7, 11) is 0. The van der Waals surface area contributed by atoms with Crippen molar-refractivity contribution >= 4 is 21.9 Å². The summed E-state index contributed by atoms with van der Waals surface area (Å²) in [6.45, 7) is 8.29. The summed E-state index contributed by atoms with van der Waals surface area (Å²) in [6.07, 6.45) is 9.38. The van der Waals surface area contributed by atoms with Gasteiger partial charge in [0.2, 0.25) is 5.43 Å². The minimum absolute atomic E-state index is 0.117. The molecule has 0 unspecified atom stereocenters. The average molecular weight is 495 g/mol. The lowest BCUT2D eigenvalue weighted by Gasteiger charge is -2.14. The normalized spacial score (nSPS) is 16.9. The molecule has 0 spiro atoms. The Morgan fingerprint density at radius 3 is 1.97 bits per heavy atom. The van der Waals surface area contributed by atoms with Crippen LogP contribution in [0.15, 0.2) is 39.5 Å². The van der Waals surface area contributed by atoms with Crippen molar-refractivity contribution in [3.05, 3.63) is 40.6 Å². The van der Waals surface area contributed by atoms with Crippen molar-refractivity contribution in [2.45, 2.75) is 51.4 Å². The number of unbranched alkanes of at least 4 members (excludes halogenated alkanes) is 2. The van der Waals surface area contributed by atoms with Gasteiger partial charge in [-0.05, 0) is 103 Å². The van der Waals surface area contributed by atoms with Gasteiger partial charge < -0.3 is 28.8 Å². The highest BCUT2D eigenvalue weighted by molar-refractivity contribution is 5.94. The highest BCUT2D eigenvalue weighted by atomic mass is 16.5. The van der Waals surface area contributed by atoms with Crippen LogP contribution in [0.25, 0.3) is 21.9 Å². The first-order chi connectivity index (χ1) is 17.7. The Morgan fingerprint density at radius 2 is 1.33 bits per heavy atom. The molecule has 1 aromatic heterocycles. The Morgan fingerprint density at radius 1 is 0.750 bits per heavy atom. The maximum Gasteiger partial charge on any atom is 0.204 e. The van der Waals surface area contributed by atoms with Crippen LogP contribution in [0.3, 0.4) is 0 Å². The van der Waals surface area contributed by atoms with E-state index in [4.69, 9.17) is 13.9 Å². The molecule has 7 heteroatoms. The average Bonchev–Trinajstić information content (AvgIpc) is 3.58. The third-order valence-corrected chi connectivity index (χ3v) is 7.37. The molecule has 7 nitrogen and oxygen atoms in total. The maximum absolute atomic E-state index is 13.1. The second-order valence-electron chi connectivity index (χ2n) is 10.1. The molecule has 0 aliphatic carbocycles. The molecule has 2 aliphatic rings. The van der Waals surface area contributed by atoms with Gasteiger partial charge in [0.1, 0.15) is 33.8 Å². The molecule has 5 rings (SSSR count). The number of phenols is 1. The molecule has 0 radical (unpaired) electrons. The first-order valence-corrected chi connectivity index (χ1v) is 13.6. The Balaban J connectivity index is 1.20. The molecule has 0 bridgehead atoms. The Labute approximate surface area is 212 Å². The van der Waals surface area contributed by atoms with Crippen molar-refractivity contribution in [3.8, 4) is 17.2 Å². The standard InChI is InChI=1S/C29H38N2O5/c32-25-19-23(35-18-8-6-16-31-13-3-4-14-31)21-27-28(25)29(33)24-10-9-22(20-26(24)36-27)34-17-7-5-15-30-11-1-2-12-30/h9-10,19-21,32H,1-8,11-18H2. The number of ether oxygens (including phenoxy) is 2. The van der Waals surface area contributed by atoms with Gasteiger partial charge in [-0.25, -0.2) is 0 Å². The second-order valence-corrected chi connectivity index (χ2v) is 10.1. The third kappa shape index (κ3) is 6.13. The van der Waals surface area contributed by atoms with Crippen LogP contribution in [0.4, 0.5) is 0 Å². The fourth-order valence-electron chi connectivity index (χ4n) is 5.35. The van der Waals surface area contributed by atoms with Crippen LogP contribution in [0, 0.1) is 0 Å². The smallest absolute Gasteiger partial charge is 0.204 e. The summed E-state index contributed by atoms with van der Waals surface area (Å²) in [5.74, 6) is 1.07. The summed E-state index contributed by atoms with van der Waals surface area (Å²) in [5, 5.41) is 11.2. The SMILES string of the molecule is O=c1c2ccc(OCCCCN3CCCC3)cc2oc2cc(OCCCCN3CCCC3)cc(O)c12. The predicted molar refractivity (Wildman–Crippen MR) is 142 cm³/mol. The molecular formula is C29H38N2O5. The largest absolute Gasteiger partial charge is 0.507 e. The lowest BCUT2D eigenvalue weighted by atomic mass is 10.1. The molecule has 194 valence electrons. The summed E-state index contributed by atoms with van der Waals surface area (Å²) in [6, 6.07) is 8.47. The lowest BCUT2D eigenvalue weighted by molar-refractivity contribution is 0.279. The van der Waals surface area contributed by atoms with Crippen LogP contribution in [-0.2, 0) is 0 Å². The van der Waals surface area contributed by atoms with Crippen molar-refractivity contribution in [3.63, 3.8) is 0 Å². The van der Waals surface area contributed by atoms with Gasteiger partial charge in [0, 0.05) is 18.2 Å². The molecular weight excluding hydrogens is 456 g/mol. The number of hydrogen-bond acceptors (Lipinski definition) is 7. The number of likely N-dealkylation sites (tertiary alicyclic amines) is 2. The first kappa shape index (κ1) is 24.9. The molecule has 0 atom stereocenters. The van der Waals surface area contributed by atoms with Crippen LogP contribution >= 0.6 is 0 Å². The van der Waals surface area contributed by atoms with Crippen LogP contribution in [0.2, 0.25) is 0 Å². The van der Waals surface area contributed by atoms with Gasteiger partial charge in [-0.1, -0.05) is 0 Å². The Kier molecular flexibility index (Phi) is 8.29. The van der Waals surface area contributed by atoms with Gasteiger partial charge in [-0.3, -0.25) is 4.79 Å². The van der Waals surface area contributed by atoms with E-state index in [0.717, 1.165) is 38.8 Å². The van der Waals surface area contributed by atoms with Crippen molar-refractivity contribution in [1.29, 1.82) is 0 Å². The number of aromatic hydroxyl groups is 1. The van der Waals surface area contributed by atoms with Crippen LogP contribution < -0.4 is 14.9 Å². The van der Waals surface area contributed by atoms with E-state index in [-0.39, 0.29) is 16.6 Å². The summed E-state index contributed by atoms with van der Waals surface area (Å²) < 4.78 is 17.9. The maximum atomic E-state index is 13.1. The molecule has 2 saturated heterocycles. The van der Waals surface area contributed by atoms with Crippen LogP contribution in [-0.4, -0.2) is 67.4 Å². The molecule has 2 aromatic carbocycles. The van der Waals surface area contributed by atoms with Crippen molar-refractivity contribution in [2.24, 2.45) is 0 Å². The first-order valence-electron chi connectivity index (χ1n) is 13.6. The van der Waals surface area contributed by atoms with E-state index in [0.29, 0.717) is 41.3 Å². The molecule has 0 amide bonds. The number of hydrogen-bond donors (Lipinski definition) is 1. The summed E-state index contributed by atoms with van der Waals surface area (Å²) in [4.78, 5) is 18.1. The number of benzene rings is 2. The zero-order chi connectivity index (χ0) is 24.7. The fourth-order valence-corrected chi connectivity index (χ4v) is 5.35. The van der Waals surface area contributed by atoms with Gasteiger partial charge in [-0.15, -0.1) is 0 Å². The molecule has 36 heavy (non-hydrogen) atoms. The topological polar surface area (TPSA) is 75.4 Å². The predicted octanol–water partition coefficient (Wildman–Crippen LogP) is 5.16. The van der Waals surface area contributed by atoms with Gasteiger partial charge >= 0.3 is 0 Å². The molecule has 3 heterocycles. The molecule has 0 saturated carbocycles. The van der Waals surface area contributed by atoms with Crippen molar-refractivity contribution in [1.82, 2.24) is 9.80 Å². The van der Waals surface area contributed by atoms with E-state index in [9.17, 15) is 9.90 Å². The van der Waals surface area contributed by atoms with Crippen LogP contribution in [0.1, 0.15) is 51.4 Å².